The molecule has 0 saturated carbocycles. The Kier molecular flexibility index (Phi) is 5.56. The van der Waals surface area contributed by atoms with Gasteiger partial charge in [-0.15, -0.1) is 0 Å². The van der Waals surface area contributed by atoms with Gasteiger partial charge in [-0.05, 0) is 48.2 Å². The third-order valence-corrected chi connectivity index (χ3v) is 3.61. The third kappa shape index (κ3) is 3.94. The third-order valence-electron chi connectivity index (χ3n) is 3.61. The zero-order valence-electron chi connectivity index (χ0n) is 12.9. The fraction of sp³-hybridized carbons (Fsp3) is 0.316. The maximum atomic E-state index is 11.5. The number of rotatable bonds is 7. The number of benzene rings is 2. The van der Waals surface area contributed by atoms with Crippen LogP contribution in [0.5, 0.6) is 0 Å². The number of carbonyl (C=O) groups excluding carboxylic acids is 1. The highest BCUT2D eigenvalue weighted by atomic mass is 16.1. The Balaban J connectivity index is 2.20. The van der Waals surface area contributed by atoms with Crippen LogP contribution in [0.1, 0.15) is 37.8 Å². The molecule has 0 bridgehead atoms. The van der Waals surface area contributed by atoms with Crippen LogP contribution in [0.2, 0.25) is 0 Å². The second-order valence-corrected chi connectivity index (χ2v) is 5.31. The fourth-order valence-electron chi connectivity index (χ4n) is 2.49. The number of carbonyl (C=O) groups is 1. The summed E-state index contributed by atoms with van der Waals surface area (Å²) in [4.78, 5) is 13.1. The maximum Gasteiger partial charge on any atom is 0.218 e. The number of nitrogens with zero attached hydrogens (tertiary/aromatic N) is 1. The standard InChI is InChI=1S/C19H23NO/c1-3-5-16-7-11-18(12-8-16)20(15-21)19-13-9-17(6-4-2)10-14-19/h7-15H,3-6H2,1-2H3. The van der Waals surface area contributed by atoms with Crippen LogP contribution < -0.4 is 4.90 Å². The van der Waals surface area contributed by atoms with Gasteiger partial charge < -0.3 is 0 Å². The summed E-state index contributed by atoms with van der Waals surface area (Å²) in [7, 11) is 0. The van der Waals surface area contributed by atoms with Crippen LogP contribution in [0.25, 0.3) is 0 Å². The summed E-state index contributed by atoms with van der Waals surface area (Å²) in [6.07, 6.45) is 5.30. The molecule has 2 aromatic carbocycles. The van der Waals surface area contributed by atoms with Gasteiger partial charge in [-0.3, -0.25) is 9.69 Å². The molecule has 2 aromatic rings. The molecule has 1 amide bonds. The summed E-state index contributed by atoms with van der Waals surface area (Å²) >= 11 is 0. The van der Waals surface area contributed by atoms with Crippen LogP contribution in [0.4, 0.5) is 11.4 Å². The van der Waals surface area contributed by atoms with Gasteiger partial charge >= 0.3 is 0 Å². The van der Waals surface area contributed by atoms with E-state index in [1.54, 1.807) is 4.90 Å². The van der Waals surface area contributed by atoms with Crippen molar-refractivity contribution in [2.24, 2.45) is 0 Å². The minimum atomic E-state index is 0.879. The zero-order valence-corrected chi connectivity index (χ0v) is 12.9. The Bertz CT molecular complexity index is 508. The second kappa shape index (κ2) is 7.63. The van der Waals surface area contributed by atoms with E-state index in [1.807, 2.05) is 24.3 Å². The van der Waals surface area contributed by atoms with Crippen molar-refractivity contribution in [1.29, 1.82) is 0 Å². The lowest BCUT2D eigenvalue weighted by atomic mass is 10.1. The van der Waals surface area contributed by atoms with Gasteiger partial charge in [0.25, 0.3) is 0 Å². The first-order valence-corrected chi connectivity index (χ1v) is 7.71. The minimum Gasteiger partial charge on any atom is -0.284 e. The summed E-state index contributed by atoms with van der Waals surface area (Å²) in [5, 5.41) is 0. The van der Waals surface area contributed by atoms with E-state index in [2.05, 4.69) is 38.1 Å². The van der Waals surface area contributed by atoms with Crippen LogP contribution >= 0.6 is 0 Å². The van der Waals surface area contributed by atoms with Gasteiger partial charge in [0.1, 0.15) is 0 Å². The molecule has 0 saturated heterocycles. The molecule has 0 aliphatic rings. The molecule has 0 heterocycles. The fourth-order valence-corrected chi connectivity index (χ4v) is 2.49. The molecule has 0 N–H and O–H groups in total. The average Bonchev–Trinajstić information content (AvgIpc) is 2.52. The molecular weight excluding hydrogens is 258 g/mol. The van der Waals surface area contributed by atoms with Crippen molar-refractivity contribution in [3.63, 3.8) is 0 Å². The molecule has 2 nitrogen and oxygen atoms in total. The van der Waals surface area contributed by atoms with Gasteiger partial charge in [0.2, 0.25) is 6.41 Å². The van der Waals surface area contributed by atoms with Crippen molar-refractivity contribution < 1.29 is 4.79 Å². The first-order valence-electron chi connectivity index (χ1n) is 7.71. The van der Waals surface area contributed by atoms with Crippen molar-refractivity contribution in [3.05, 3.63) is 59.7 Å². The zero-order chi connectivity index (χ0) is 15.1. The van der Waals surface area contributed by atoms with E-state index in [-0.39, 0.29) is 0 Å². The van der Waals surface area contributed by atoms with Crippen molar-refractivity contribution >= 4 is 17.8 Å². The summed E-state index contributed by atoms with van der Waals surface area (Å²) < 4.78 is 0. The Morgan fingerprint density at radius 3 is 1.43 bits per heavy atom. The number of hydrogen-bond acceptors (Lipinski definition) is 1. The predicted octanol–water partition coefficient (Wildman–Crippen LogP) is 4.89. The molecule has 0 fully saturated rings. The molecule has 2 rings (SSSR count). The molecular formula is C19H23NO. The quantitative estimate of drug-likeness (QED) is 0.662. The van der Waals surface area contributed by atoms with Gasteiger partial charge in [0.15, 0.2) is 0 Å². The van der Waals surface area contributed by atoms with Crippen molar-refractivity contribution in [3.8, 4) is 0 Å². The highest BCUT2D eigenvalue weighted by Gasteiger charge is 2.08. The van der Waals surface area contributed by atoms with Gasteiger partial charge in [0, 0.05) is 11.4 Å². The lowest BCUT2D eigenvalue weighted by Gasteiger charge is -2.18. The summed E-state index contributed by atoms with van der Waals surface area (Å²) in [5.41, 5.74) is 4.44. The van der Waals surface area contributed by atoms with Gasteiger partial charge in [-0.25, -0.2) is 0 Å². The number of anilines is 2. The van der Waals surface area contributed by atoms with Crippen LogP contribution in [0.3, 0.4) is 0 Å². The van der Waals surface area contributed by atoms with E-state index in [0.717, 1.165) is 43.5 Å². The van der Waals surface area contributed by atoms with Gasteiger partial charge in [-0.1, -0.05) is 51.0 Å². The molecule has 0 spiro atoms. The van der Waals surface area contributed by atoms with Crippen LogP contribution in [0, 0.1) is 0 Å². The van der Waals surface area contributed by atoms with Crippen LogP contribution in [-0.2, 0) is 17.6 Å². The van der Waals surface area contributed by atoms with E-state index in [1.165, 1.54) is 11.1 Å². The first-order chi connectivity index (χ1) is 10.3. The molecule has 21 heavy (non-hydrogen) atoms. The van der Waals surface area contributed by atoms with E-state index in [0.29, 0.717) is 0 Å². The van der Waals surface area contributed by atoms with Crippen molar-refractivity contribution in [2.45, 2.75) is 39.5 Å². The van der Waals surface area contributed by atoms with E-state index >= 15 is 0 Å². The highest BCUT2D eigenvalue weighted by Crippen LogP contribution is 2.25. The lowest BCUT2D eigenvalue weighted by molar-refractivity contribution is -0.106. The first kappa shape index (κ1) is 15.3. The highest BCUT2D eigenvalue weighted by molar-refractivity contribution is 5.86. The molecule has 0 aliphatic carbocycles. The number of aryl methyl sites for hydroxylation is 2. The maximum absolute atomic E-state index is 11.5. The Morgan fingerprint density at radius 2 is 1.14 bits per heavy atom. The molecule has 0 radical (unpaired) electrons. The Hall–Kier alpha value is -2.09. The SMILES string of the molecule is CCCc1ccc(N(C=O)c2ccc(CCC)cc2)cc1. The summed E-state index contributed by atoms with van der Waals surface area (Å²) in [5.74, 6) is 0. The van der Waals surface area contributed by atoms with Crippen molar-refractivity contribution in [2.75, 3.05) is 4.90 Å². The molecule has 0 atom stereocenters. The summed E-state index contributed by atoms with van der Waals surface area (Å²) in [6.45, 7) is 4.34. The number of amides is 1. The topological polar surface area (TPSA) is 20.3 Å². The van der Waals surface area contributed by atoms with E-state index in [4.69, 9.17) is 0 Å². The van der Waals surface area contributed by atoms with Gasteiger partial charge in [-0.2, -0.15) is 0 Å². The van der Waals surface area contributed by atoms with E-state index < -0.39 is 0 Å². The van der Waals surface area contributed by atoms with E-state index in [9.17, 15) is 4.79 Å². The largest absolute Gasteiger partial charge is 0.284 e. The molecule has 0 unspecified atom stereocenters. The molecule has 2 heteroatoms. The smallest absolute Gasteiger partial charge is 0.218 e. The van der Waals surface area contributed by atoms with Crippen LogP contribution in [-0.4, -0.2) is 6.41 Å². The molecule has 110 valence electrons. The monoisotopic (exact) mass is 281 g/mol. The average molecular weight is 281 g/mol. The number of hydrogen-bond donors (Lipinski definition) is 0. The predicted molar refractivity (Wildman–Crippen MR) is 89.1 cm³/mol. The normalized spacial score (nSPS) is 10.4. The van der Waals surface area contributed by atoms with Crippen molar-refractivity contribution in [1.82, 2.24) is 0 Å². The lowest BCUT2D eigenvalue weighted by Crippen LogP contribution is -2.13. The minimum absolute atomic E-state index is 0.879. The molecule has 0 aromatic heterocycles. The van der Waals surface area contributed by atoms with Gasteiger partial charge in [0.05, 0.1) is 0 Å². The summed E-state index contributed by atoms with van der Waals surface area (Å²) in [6, 6.07) is 16.4. The van der Waals surface area contributed by atoms with Crippen LogP contribution in [0.15, 0.2) is 48.5 Å². The second-order valence-electron chi connectivity index (χ2n) is 5.31. The molecule has 0 aliphatic heterocycles. The Morgan fingerprint density at radius 1 is 0.762 bits per heavy atom. The Labute approximate surface area is 127 Å².